The van der Waals surface area contributed by atoms with E-state index < -0.39 is 0 Å². The van der Waals surface area contributed by atoms with Crippen LogP contribution in [0.4, 0.5) is 0 Å². The first kappa shape index (κ1) is 12.2. The fraction of sp³-hybridized carbons (Fsp3) is 0.333. The van der Waals surface area contributed by atoms with E-state index in [0.29, 0.717) is 11.3 Å². The topological polar surface area (TPSA) is 50.7 Å². The van der Waals surface area contributed by atoms with Crippen molar-refractivity contribution in [2.45, 2.75) is 6.42 Å². The number of carbonyl (C=O) groups excluding carboxylic acids is 1. The van der Waals surface area contributed by atoms with Gasteiger partial charge in [0.2, 0.25) is 0 Å². The molecule has 0 fully saturated rings. The number of hydrogen-bond acceptors (Lipinski definition) is 3. The second-order valence-electron chi connectivity index (χ2n) is 3.29. The summed E-state index contributed by atoms with van der Waals surface area (Å²) in [7, 11) is 3.27. The van der Waals surface area contributed by atoms with Crippen molar-refractivity contribution in [1.82, 2.24) is 5.32 Å². The quantitative estimate of drug-likeness (QED) is 0.340. The Kier molecular flexibility index (Phi) is 5.05. The Morgan fingerprint density at radius 2 is 2.31 bits per heavy atom. The molecule has 1 rings (SSSR count). The van der Waals surface area contributed by atoms with Crippen molar-refractivity contribution in [2.75, 3.05) is 20.7 Å². The molecule has 1 aromatic carbocycles. The fourth-order valence-corrected chi connectivity index (χ4v) is 1.40. The SMILES string of the molecule is CN=CNCCc1ccc(OC)c(C=O)c1. The molecule has 0 amide bonds. The maximum atomic E-state index is 10.8. The van der Waals surface area contributed by atoms with Gasteiger partial charge in [-0.1, -0.05) is 6.07 Å². The number of methoxy groups -OCH3 is 1. The van der Waals surface area contributed by atoms with E-state index in [0.717, 1.165) is 24.8 Å². The van der Waals surface area contributed by atoms with E-state index in [4.69, 9.17) is 4.74 Å². The molecule has 4 nitrogen and oxygen atoms in total. The zero-order chi connectivity index (χ0) is 11.8. The van der Waals surface area contributed by atoms with Gasteiger partial charge in [-0.25, -0.2) is 0 Å². The Balaban J connectivity index is 2.64. The third-order valence-electron chi connectivity index (χ3n) is 2.20. The molecule has 0 bridgehead atoms. The Morgan fingerprint density at radius 1 is 1.50 bits per heavy atom. The summed E-state index contributed by atoms with van der Waals surface area (Å²) in [6.45, 7) is 0.794. The first-order chi connectivity index (χ1) is 7.81. The number of nitrogens with zero attached hydrogens (tertiary/aromatic N) is 1. The second kappa shape index (κ2) is 6.61. The van der Waals surface area contributed by atoms with Crippen LogP contribution in [0.3, 0.4) is 0 Å². The van der Waals surface area contributed by atoms with E-state index in [2.05, 4.69) is 10.3 Å². The largest absolute Gasteiger partial charge is 0.496 e. The van der Waals surface area contributed by atoms with Crippen molar-refractivity contribution in [3.8, 4) is 5.75 Å². The third-order valence-corrected chi connectivity index (χ3v) is 2.20. The number of ether oxygens (including phenoxy) is 1. The first-order valence-electron chi connectivity index (χ1n) is 5.08. The first-order valence-corrected chi connectivity index (χ1v) is 5.08. The lowest BCUT2D eigenvalue weighted by molar-refractivity contribution is 0.112. The number of rotatable bonds is 6. The summed E-state index contributed by atoms with van der Waals surface area (Å²) in [6, 6.07) is 5.61. The van der Waals surface area contributed by atoms with E-state index in [9.17, 15) is 4.79 Å². The second-order valence-corrected chi connectivity index (χ2v) is 3.29. The molecular formula is C12H16N2O2. The molecule has 0 heterocycles. The summed E-state index contributed by atoms with van der Waals surface area (Å²) in [5, 5.41) is 3.04. The molecule has 0 spiro atoms. The van der Waals surface area contributed by atoms with Crippen molar-refractivity contribution >= 4 is 12.6 Å². The Labute approximate surface area is 95.3 Å². The highest BCUT2D eigenvalue weighted by atomic mass is 16.5. The molecule has 0 atom stereocenters. The standard InChI is InChI=1S/C12H16N2O2/c1-13-9-14-6-5-10-3-4-12(16-2)11(7-10)8-15/h3-4,7-9H,5-6H2,1-2H3,(H,13,14). The number of aldehydes is 1. The summed E-state index contributed by atoms with van der Waals surface area (Å²) in [5.74, 6) is 0.613. The van der Waals surface area contributed by atoms with Gasteiger partial charge in [0.05, 0.1) is 19.0 Å². The van der Waals surface area contributed by atoms with Gasteiger partial charge in [0, 0.05) is 13.6 Å². The van der Waals surface area contributed by atoms with E-state index in [1.165, 1.54) is 0 Å². The number of nitrogens with one attached hydrogen (secondary N) is 1. The molecule has 86 valence electrons. The van der Waals surface area contributed by atoms with Gasteiger partial charge in [-0.15, -0.1) is 0 Å². The van der Waals surface area contributed by atoms with Gasteiger partial charge in [-0.05, 0) is 24.1 Å². The van der Waals surface area contributed by atoms with E-state index in [1.807, 2.05) is 18.2 Å². The average Bonchev–Trinajstić information content (AvgIpc) is 2.34. The minimum atomic E-state index is 0.587. The minimum Gasteiger partial charge on any atom is -0.496 e. The lowest BCUT2D eigenvalue weighted by Crippen LogP contribution is -2.14. The van der Waals surface area contributed by atoms with Crippen LogP contribution < -0.4 is 10.1 Å². The van der Waals surface area contributed by atoms with Crippen LogP contribution in [-0.4, -0.2) is 33.3 Å². The molecule has 0 aliphatic rings. The lowest BCUT2D eigenvalue weighted by atomic mass is 10.1. The van der Waals surface area contributed by atoms with Gasteiger partial charge in [0.15, 0.2) is 6.29 Å². The van der Waals surface area contributed by atoms with Crippen LogP contribution in [0.25, 0.3) is 0 Å². The Bertz CT molecular complexity index is 375. The molecule has 0 unspecified atom stereocenters. The molecule has 0 saturated heterocycles. The predicted octanol–water partition coefficient (Wildman–Crippen LogP) is 1.30. The zero-order valence-electron chi connectivity index (χ0n) is 9.56. The zero-order valence-corrected chi connectivity index (χ0v) is 9.56. The van der Waals surface area contributed by atoms with Crippen LogP contribution in [0.15, 0.2) is 23.2 Å². The van der Waals surface area contributed by atoms with Crippen molar-refractivity contribution in [1.29, 1.82) is 0 Å². The molecule has 4 heteroatoms. The lowest BCUT2D eigenvalue weighted by Gasteiger charge is -2.06. The summed E-state index contributed by atoms with van der Waals surface area (Å²) < 4.78 is 5.07. The monoisotopic (exact) mass is 220 g/mol. The highest BCUT2D eigenvalue weighted by Crippen LogP contribution is 2.17. The van der Waals surface area contributed by atoms with Crippen LogP contribution >= 0.6 is 0 Å². The number of aliphatic imine (C=N–C) groups is 1. The van der Waals surface area contributed by atoms with E-state index in [-0.39, 0.29) is 0 Å². The van der Waals surface area contributed by atoms with Crippen molar-refractivity contribution in [3.05, 3.63) is 29.3 Å². The molecule has 0 radical (unpaired) electrons. The number of benzene rings is 1. The molecule has 0 aromatic heterocycles. The van der Waals surface area contributed by atoms with Gasteiger partial charge in [-0.2, -0.15) is 0 Å². The normalized spacial score (nSPS) is 10.4. The van der Waals surface area contributed by atoms with Crippen LogP contribution in [0.1, 0.15) is 15.9 Å². The van der Waals surface area contributed by atoms with Crippen molar-refractivity contribution < 1.29 is 9.53 Å². The van der Waals surface area contributed by atoms with Crippen molar-refractivity contribution in [3.63, 3.8) is 0 Å². The van der Waals surface area contributed by atoms with Gasteiger partial charge in [0.25, 0.3) is 0 Å². The van der Waals surface area contributed by atoms with E-state index in [1.54, 1.807) is 20.5 Å². The van der Waals surface area contributed by atoms with Gasteiger partial charge in [-0.3, -0.25) is 9.79 Å². The van der Waals surface area contributed by atoms with Crippen LogP contribution in [0.5, 0.6) is 5.75 Å². The smallest absolute Gasteiger partial charge is 0.153 e. The highest BCUT2D eigenvalue weighted by molar-refractivity contribution is 5.79. The summed E-state index contributed by atoms with van der Waals surface area (Å²) >= 11 is 0. The minimum absolute atomic E-state index is 0.587. The number of hydrogen-bond donors (Lipinski definition) is 1. The predicted molar refractivity (Wildman–Crippen MR) is 64.5 cm³/mol. The summed E-state index contributed by atoms with van der Waals surface area (Å²) in [6.07, 6.45) is 3.31. The van der Waals surface area contributed by atoms with Gasteiger partial charge in [0.1, 0.15) is 5.75 Å². The van der Waals surface area contributed by atoms with Gasteiger partial charge < -0.3 is 10.1 Å². The molecule has 0 aliphatic carbocycles. The molecule has 0 aliphatic heterocycles. The van der Waals surface area contributed by atoms with Gasteiger partial charge >= 0.3 is 0 Å². The Morgan fingerprint density at radius 3 is 2.94 bits per heavy atom. The molecule has 0 saturated carbocycles. The average molecular weight is 220 g/mol. The molecule has 16 heavy (non-hydrogen) atoms. The maximum absolute atomic E-state index is 10.8. The third kappa shape index (κ3) is 3.38. The molecular weight excluding hydrogens is 204 g/mol. The number of carbonyl (C=O) groups is 1. The summed E-state index contributed by atoms with van der Waals surface area (Å²) in [4.78, 5) is 14.6. The van der Waals surface area contributed by atoms with Crippen molar-refractivity contribution in [2.24, 2.45) is 4.99 Å². The fourth-order valence-electron chi connectivity index (χ4n) is 1.40. The van der Waals surface area contributed by atoms with Crippen LogP contribution in [0, 0.1) is 0 Å². The molecule has 1 N–H and O–H groups in total. The van der Waals surface area contributed by atoms with Crippen LogP contribution in [0.2, 0.25) is 0 Å². The summed E-state index contributed by atoms with van der Waals surface area (Å²) in [5.41, 5.74) is 1.68. The van der Waals surface area contributed by atoms with Crippen LogP contribution in [-0.2, 0) is 6.42 Å². The highest BCUT2D eigenvalue weighted by Gasteiger charge is 2.02. The molecule has 1 aromatic rings. The van der Waals surface area contributed by atoms with E-state index >= 15 is 0 Å². The maximum Gasteiger partial charge on any atom is 0.153 e. The Hall–Kier alpha value is -1.84.